The first-order chi connectivity index (χ1) is 12.3. The summed E-state index contributed by atoms with van der Waals surface area (Å²) in [7, 11) is 0. The Hall–Kier alpha value is -2.60. The molecule has 0 saturated carbocycles. The molecule has 0 bridgehead atoms. The van der Waals surface area contributed by atoms with E-state index >= 15 is 0 Å². The largest absolute Gasteiger partial charge is 0.489 e. The number of H-pyrrole nitrogens is 1. The van der Waals surface area contributed by atoms with Crippen LogP contribution in [-0.4, -0.2) is 14.9 Å². The molecule has 1 heterocycles. The van der Waals surface area contributed by atoms with Crippen LogP contribution < -0.4 is 10.2 Å². The molecule has 3 aromatic rings. The minimum atomic E-state index is 0.546. The van der Waals surface area contributed by atoms with E-state index in [4.69, 9.17) is 17.0 Å². The van der Waals surface area contributed by atoms with Crippen molar-refractivity contribution < 1.29 is 4.74 Å². The first kappa shape index (κ1) is 17.2. The van der Waals surface area contributed by atoms with Crippen LogP contribution in [0.25, 0.3) is 0 Å². The first-order valence-corrected chi connectivity index (χ1v) is 8.83. The van der Waals surface area contributed by atoms with Crippen LogP contribution in [0.3, 0.4) is 0 Å². The molecule has 2 aromatic carbocycles. The number of para-hydroxylation sites is 1. The molecule has 5 nitrogen and oxygen atoms in total. The lowest BCUT2D eigenvalue weighted by Gasteiger charge is -2.14. The fraction of sp³-hybridized carbons (Fsp3) is 0.263. The third kappa shape index (κ3) is 4.48. The van der Waals surface area contributed by atoms with Gasteiger partial charge in [0.25, 0.3) is 0 Å². The number of nitrogens with one attached hydrogen (secondary N) is 2. The van der Waals surface area contributed by atoms with Crippen molar-refractivity contribution in [2.24, 2.45) is 0 Å². The van der Waals surface area contributed by atoms with Crippen LogP contribution in [-0.2, 0) is 19.6 Å². The predicted octanol–water partition coefficient (Wildman–Crippen LogP) is 4.22. The Morgan fingerprint density at radius 3 is 2.68 bits per heavy atom. The van der Waals surface area contributed by atoms with E-state index in [0.717, 1.165) is 35.5 Å². The Labute approximate surface area is 152 Å². The minimum Gasteiger partial charge on any atom is -0.489 e. The molecule has 0 aliphatic carbocycles. The van der Waals surface area contributed by atoms with Crippen LogP contribution >= 0.6 is 12.2 Å². The zero-order chi connectivity index (χ0) is 17.5. The minimum absolute atomic E-state index is 0.546. The molecule has 25 heavy (non-hydrogen) atoms. The van der Waals surface area contributed by atoms with E-state index in [1.54, 1.807) is 0 Å². The average Bonchev–Trinajstić information content (AvgIpc) is 3.00. The van der Waals surface area contributed by atoms with Gasteiger partial charge in [-0.25, -0.2) is 4.68 Å². The number of aromatic nitrogens is 3. The van der Waals surface area contributed by atoms with Crippen LogP contribution in [0.4, 0.5) is 0 Å². The maximum Gasteiger partial charge on any atom is 0.214 e. The van der Waals surface area contributed by atoms with Crippen LogP contribution in [0.2, 0.25) is 0 Å². The number of nitrogens with zero attached hydrogens (tertiary/aromatic N) is 2. The summed E-state index contributed by atoms with van der Waals surface area (Å²) in [5, 5.41) is 7.11. The molecule has 0 unspecified atom stereocenters. The summed E-state index contributed by atoms with van der Waals surface area (Å²) in [5.74, 6) is 1.78. The second kappa shape index (κ2) is 8.48. The number of rotatable bonds is 8. The van der Waals surface area contributed by atoms with Crippen LogP contribution in [0.5, 0.6) is 5.75 Å². The Morgan fingerprint density at radius 1 is 1.12 bits per heavy atom. The van der Waals surface area contributed by atoms with Gasteiger partial charge in [0.2, 0.25) is 4.77 Å². The number of aromatic amines is 1. The molecule has 0 amide bonds. The predicted molar refractivity (Wildman–Crippen MR) is 102 cm³/mol. The summed E-state index contributed by atoms with van der Waals surface area (Å²) in [4.78, 5) is 0. The number of benzene rings is 2. The highest BCUT2D eigenvalue weighted by Crippen LogP contribution is 2.19. The lowest BCUT2D eigenvalue weighted by molar-refractivity contribution is 0.303. The second-order valence-electron chi connectivity index (χ2n) is 5.75. The van der Waals surface area contributed by atoms with E-state index in [9.17, 15) is 0 Å². The monoisotopic (exact) mass is 354 g/mol. The number of aryl methyl sites for hydroxylation is 1. The quantitative estimate of drug-likeness (QED) is 0.595. The maximum atomic E-state index is 6.00. The van der Waals surface area contributed by atoms with Crippen molar-refractivity contribution >= 4 is 12.2 Å². The van der Waals surface area contributed by atoms with Crippen molar-refractivity contribution in [1.29, 1.82) is 0 Å². The molecule has 1 aromatic heterocycles. The molecule has 2 N–H and O–H groups in total. The molecule has 130 valence electrons. The fourth-order valence-electron chi connectivity index (χ4n) is 2.57. The van der Waals surface area contributed by atoms with Crippen LogP contribution in [0.1, 0.15) is 30.3 Å². The summed E-state index contributed by atoms with van der Waals surface area (Å²) in [6.45, 7) is 3.27. The first-order valence-electron chi connectivity index (χ1n) is 8.42. The van der Waals surface area contributed by atoms with Crippen molar-refractivity contribution in [3.05, 3.63) is 76.3 Å². The van der Waals surface area contributed by atoms with Gasteiger partial charge in [0.15, 0.2) is 5.82 Å². The summed E-state index contributed by atoms with van der Waals surface area (Å²) >= 11 is 5.30. The van der Waals surface area contributed by atoms with Crippen molar-refractivity contribution in [3.8, 4) is 5.75 Å². The summed E-state index contributed by atoms with van der Waals surface area (Å²) in [5.41, 5.74) is 5.56. The standard InChI is InChI=1S/C19H22N4OS/c1-2-8-18-21-22-19(25)23(18)20-13-16-11-6-7-12-17(16)24-14-15-9-4-3-5-10-15/h3-7,9-12,20H,2,8,13-14H2,1H3,(H,22,25). The number of hydrogen-bond acceptors (Lipinski definition) is 4. The SMILES string of the molecule is CCCc1n[nH]c(=S)n1NCc1ccccc1OCc1ccccc1. The third-order valence-electron chi connectivity index (χ3n) is 3.85. The highest BCUT2D eigenvalue weighted by molar-refractivity contribution is 7.71. The van der Waals surface area contributed by atoms with Gasteiger partial charge in [0.05, 0.1) is 6.54 Å². The Morgan fingerprint density at radius 2 is 1.88 bits per heavy atom. The normalized spacial score (nSPS) is 10.6. The molecular formula is C19H22N4OS. The molecule has 0 aliphatic heterocycles. The molecule has 0 aliphatic rings. The summed E-state index contributed by atoms with van der Waals surface area (Å²) < 4.78 is 8.42. The van der Waals surface area contributed by atoms with Gasteiger partial charge >= 0.3 is 0 Å². The van der Waals surface area contributed by atoms with Crippen molar-refractivity contribution in [3.63, 3.8) is 0 Å². The van der Waals surface area contributed by atoms with Gasteiger partial charge < -0.3 is 10.2 Å². The lowest BCUT2D eigenvalue weighted by Crippen LogP contribution is -2.18. The molecule has 3 rings (SSSR count). The molecule has 6 heteroatoms. The average molecular weight is 354 g/mol. The number of ether oxygens (including phenoxy) is 1. The van der Waals surface area contributed by atoms with Crippen molar-refractivity contribution in [2.45, 2.75) is 32.9 Å². The Balaban J connectivity index is 1.69. The van der Waals surface area contributed by atoms with Gasteiger partial charge in [-0.2, -0.15) is 5.10 Å². The van der Waals surface area contributed by atoms with E-state index < -0.39 is 0 Å². The molecular weight excluding hydrogens is 332 g/mol. The maximum absolute atomic E-state index is 6.00. The van der Waals surface area contributed by atoms with Crippen molar-refractivity contribution in [2.75, 3.05) is 5.43 Å². The second-order valence-corrected chi connectivity index (χ2v) is 6.13. The fourth-order valence-corrected chi connectivity index (χ4v) is 2.79. The summed E-state index contributed by atoms with van der Waals surface area (Å²) in [6.07, 6.45) is 1.88. The molecule has 0 atom stereocenters. The molecule has 0 radical (unpaired) electrons. The van der Waals surface area contributed by atoms with E-state index in [1.807, 2.05) is 41.1 Å². The van der Waals surface area contributed by atoms with Crippen LogP contribution in [0, 0.1) is 4.77 Å². The zero-order valence-corrected chi connectivity index (χ0v) is 15.1. The third-order valence-corrected chi connectivity index (χ3v) is 4.13. The zero-order valence-electron chi connectivity index (χ0n) is 14.2. The van der Waals surface area contributed by atoms with E-state index in [1.165, 1.54) is 0 Å². The summed E-state index contributed by atoms with van der Waals surface area (Å²) in [6, 6.07) is 18.2. The van der Waals surface area contributed by atoms with Gasteiger partial charge in [-0.3, -0.25) is 5.10 Å². The lowest BCUT2D eigenvalue weighted by atomic mass is 10.2. The van der Waals surface area contributed by atoms with Crippen LogP contribution in [0.15, 0.2) is 54.6 Å². The van der Waals surface area contributed by atoms with Gasteiger partial charge in [-0.1, -0.05) is 55.5 Å². The van der Waals surface area contributed by atoms with E-state index in [2.05, 4.69) is 40.7 Å². The topological polar surface area (TPSA) is 54.9 Å². The smallest absolute Gasteiger partial charge is 0.214 e. The Bertz CT molecular complexity index is 857. The van der Waals surface area contributed by atoms with Gasteiger partial charge in [-0.15, -0.1) is 0 Å². The molecule has 0 saturated heterocycles. The number of hydrogen-bond donors (Lipinski definition) is 2. The highest BCUT2D eigenvalue weighted by atomic mass is 32.1. The molecule has 0 fully saturated rings. The molecule has 0 spiro atoms. The van der Waals surface area contributed by atoms with Gasteiger partial charge in [0, 0.05) is 12.0 Å². The van der Waals surface area contributed by atoms with Gasteiger partial charge in [-0.05, 0) is 30.3 Å². The Kier molecular flexibility index (Phi) is 5.85. The van der Waals surface area contributed by atoms with E-state index in [-0.39, 0.29) is 0 Å². The van der Waals surface area contributed by atoms with Crippen molar-refractivity contribution in [1.82, 2.24) is 14.9 Å². The van der Waals surface area contributed by atoms with E-state index in [0.29, 0.717) is 17.9 Å². The highest BCUT2D eigenvalue weighted by Gasteiger charge is 2.07. The van der Waals surface area contributed by atoms with Gasteiger partial charge in [0.1, 0.15) is 12.4 Å².